The molecule has 0 bridgehead atoms. The smallest absolute Gasteiger partial charge is 0.0537 e. The molecule has 0 amide bonds. The second kappa shape index (κ2) is 4.82. The Balaban J connectivity index is 2.67. The Morgan fingerprint density at radius 1 is 1.69 bits per heavy atom. The van der Waals surface area contributed by atoms with E-state index in [0.717, 1.165) is 19.5 Å². The van der Waals surface area contributed by atoms with Crippen molar-refractivity contribution >= 4 is 0 Å². The molecule has 0 unspecified atom stereocenters. The number of nitrogens with one attached hydrogen (secondary N) is 1. The predicted molar refractivity (Wildman–Crippen MR) is 54.5 cm³/mol. The molecule has 13 heavy (non-hydrogen) atoms. The summed E-state index contributed by atoms with van der Waals surface area (Å²) in [6, 6.07) is 0. The highest BCUT2D eigenvalue weighted by molar-refractivity contribution is 5.15. The Morgan fingerprint density at radius 3 is 3.08 bits per heavy atom. The first-order chi connectivity index (χ1) is 6.29. The molecule has 1 aromatic rings. The van der Waals surface area contributed by atoms with Crippen LogP contribution in [0.1, 0.15) is 17.7 Å². The fraction of sp³-hybridized carbons (Fsp3) is 0.500. The SMILES string of the molecule is C=CCCn1ncc(CNC)c1C. The number of aromatic nitrogens is 2. The van der Waals surface area contributed by atoms with Gasteiger partial charge in [0.15, 0.2) is 0 Å². The van der Waals surface area contributed by atoms with Crippen molar-refractivity contribution in [2.75, 3.05) is 7.05 Å². The Kier molecular flexibility index (Phi) is 3.71. The first-order valence-electron chi connectivity index (χ1n) is 4.56. The highest BCUT2D eigenvalue weighted by Gasteiger charge is 2.03. The molecule has 3 nitrogen and oxygen atoms in total. The molecule has 0 radical (unpaired) electrons. The van der Waals surface area contributed by atoms with Gasteiger partial charge in [-0.15, -0.1) is 6.58 Å². The summed E-state index contributed by atoms with van der Waals surface area (Å²) in [5.41, 5.74) is 2.52. The molecule has 0 aliphatic rings. The number of hydrogen-bond donors (Lipinski definition) is 1. The average Bonchev–Trinajstić information content (AvgIpc) is 2.46. The van der Waals surface area contributed by atoms with Gasteiger partial charge in [-0.25, -0.2) is 0 Å². The van der Waals surface area contributed by atoms with Crippen molar-refractivity contribution in [3.8, 4) is 0 Å². The highest BCUT2D eigenvalue weighted by Crippen LogP contribution is 2.07. The Labute approximate surface area is 79.5 Å². The lowest BCUT2D eigenvalue weighted by Gasteiger charge is -2.02. The van der Waals surface area contributed by atoms with Crippen LogP contribution >= 0.6 is 0 Å². The number of hydrogen-bond acceptors (Lipinski definition) is 2. The van der Waals surface area contributed by atoms with E-state index in [9.17, 15) is 0 Å². The molecule has 0 atom stereocenters. The molecule has 0 aromatic carbocycles. The number of allylic oxidation sites excluding steroid dienone is 1. The van der Waals surface area contributed by atoms with Crippen LogP contribution in [-0.2, 0) is 13.1 Å². The molecular weight excluding hydrogens is 162 g/mol. The lowest BCUT2D eigenvalue weighted by Crippen LogP contribution is -2.07. The summed E-state index contributed by atoms with van der Waals surface area (Å²) in [4.78, 5) is 0. The minimum absolute atomic E-state index is 0.889. The molecule has 1 rings (SSSR count). The molecule has 1 heterocycles. The minimum atomic E-state index is 0.889. The summed E-state index contributed by atoms with van der Waals surface area (Å²) in [7, 11) is 1.94. The fourth-order valence-corrected chi connectivity index (χ4v) is 1.29. The Morgan fingerprint density at radius 2 is 2.46 bits per heavy atom. The van der Waals surface area contributed by atoms with Crippen LogP contribution in [-0.4, -0.2) is 16.8 Å². The molecule has 0 aliphatic heterocycles. The van der Waals surface area contributed by atoms with E-state index < -0.39 is 0 Å². The lowest BCUT2D eigenvalue weighted by molar-refractivity contribution is 0.605. The molecule has 1 N–H and O–H groups in total. The van der Waals surface area contributed by atoms with Gasteiger partial charge in [0.25, 0.3) is 0 Å². The van der Waals surface area contributed by atoms with E-state index >= 15 is 0 Å². The zero-order valence-electron chi connectivity index (χ0n) is 8.38. The van der Waals surface area contributed by atoms with Gasteiger partial charge in [-0.3, -0.25) is 4.68 Å². The number of aryl methyl sites for hydroxylation is 1. The monoisotopic (exact) mass is 179 g/mol. The van der Waals surface area contributed by atoms with Crippen molar-refractivity contribution in [2.24, 2.45) is 0 Å². The average molecular weight is 179 g/mol. The van der Waals surface area contributed by atoms with E-state index in [1.165, 1.54) is 11.3 Å². The maximum Gasteiger partial charge on any atom is 0.0537 e. The Bertz CT molecular complexity index is 276. The quantitative estimate of drug-likeness (QED) is 0.694. The van der Waals surface area contributed by atoms with E-state index in [-0.39, 0.29) is 0 Å². The van der Waals surface area contributed by atoms with E-state index in [0.29, 0.717) is 0 Å². The summed E-state index contributed by atoms with van der Waals surface area (Å²) in [6.07, 6.45) is 4.81. The van der Waals surface area contributed by atoms with Crippen molar-refractivity contribution in [3.63, 3.8) is 0 Å². The van der Waals surface area contributed by atoms with Crippen LogP contribution in [0.2, 0.25) is 0 Å². The zero-order chi connectivity index (χ0) is 9.68. The van der Waals surface area contributed by atoms with Crippen LogP contribution in [0.4, 0.5) is 0 Å². The fourth-order valence-electron chi connectivity index (χ4n) is 1.29. The maximum absolute atomic E-state index is 4.30. The van der Waals surface area contributed by atoms with E-state index in [4.69, 9.17) is 0 Å². The zero-order valence-corrected chi connectivity index (χ0v) is 8.38. The molecule has 0 fully saturated rings. The van der Waals surface area contributed by atoms with Crippen LogP contribution in [0.5, 0.6) is 0 Å². The Hall–Kier alpha value is -1.09. The maximum atomic E-state index is 4.30. The molecule has 72 valence electrons. The summed E-state index contributed by atoms with van der Waals surface area (Å²) in [5, 5.41) is 7.42. The predicted octanol–water partition coefficient (Wildman–Crippen LogP) is 1.49. The van der Waals surface area contributed by atoms with Gasteiger partial charge in [-0.2, -0.15) is 5.10 Å². The topological polar surface area (TPSA) is 29.9 Å². The van der Waals surface area contributed by atoms with Crippen LogP contribution < -0.4 is 5.32 Å². The first-order valence-corrected chi connectivity index (χ1v) is 4.56. The van der Waals surface area contributed by atoms with Crippen molar-refractivity contribution in [2.45, 2.75) is 26.4 Å². The van der Waals surface area contributed by atoms with Crippen molar-refractivity contribution < 1.29 is 0 Å². The third kappa shape index (κ3) is 2.42. The third-order valence-electron chi connectivity index (χ3n) is 2.12. The standard InChI is InChI=1S/C10H17N3/c1-4-5-6-13-9(2)10(7-11-3)8-12-13/h4,8,11H,1,5-7H2,2-3H3. The van der Waals surface area contributed by atoms with Gasteiger partial charge in [0.05, 0.1) is 6.20 Å². The molecule has 3 heteroatoms. The van der Waals surface area contributed by atoms with Gasteiger partial charge >= 0.3 is 0 Å². The van der Waals surface area contributed by atoms with Gasteiger partial charge in [-0.05, 0) is 20.4 Å². The third-order valence-corrected chi connectivity index (χ3v) is 2.12. The van der Waals surface area contributed by atoms with E-state index in [1.807, 2.05) is 24.0 Å². The van der Waals surface area contributed by atoms with Crippen molar-refractivity contribution in [1.82, 2.24) is 15.1 Å². The molecule has 0 saturated heterocycles. The summed E-state index contributed by atoms with van der Waals surface area (Å²) < 4.78 is 2.02. The first kappa shape index (κ1) is 9.99. The lowest BCUT2D eigenvalue weighted by atomic mass is 10.2. The molecule has 0 saturated carbocycles. The van der Waals surface area contributed by atoms with Crippen LogP contribution in [0, 0.1) is 6.92 Å². The van der Waals surface area contributed by atoms with Gasteiger partial charge in [-0.1, -0.05) is 6.08 Å². The molecular formula is C10H17N3. The van der Waals surface area contributed by atoms with Crippen molar-refractivity contribution in [1.29, 1.82) is 0 Å². The largest absolute Gasteiger partial charge is 0.316 e. The summed E-state index contributed by atoms with van der Waals surface area (Å²) >= 11 is 0. The van der Waals surface area contributed by atoms with Gasteiger partial charge in [0, 0.05) is 24.3 Å². The van der Waals surface area contributed by atoms with Gasteiger partial charge < -0.3 is 5.32 Å². The molecule has 1 aromatic heterocycles. The van der Waals surface area contributed by atoms with Crippen LogP contribution in [0.3, 0.4) is 0 Å². The number of rotatable bonds is 5. The minimum Gasteiger partial charge on any atom is -0.316 e. The summed E-state index contributed by atoms with van der Waals surface area (Å²) in [6.45, 7) is 7.61. The van der Waals surface area contributed by atoms with Crippen LogP contribution in [0.25, 0.3) is 0 Å². The molecule has 0 aliphatic carbocycles. The van der Waals surface area contributed by atoms with Crippen molar-refractivity contribution in [3.05, 3.63) is 30.1 Å². The van der Waals surface area contributed by atoms with Crippen LogP contribution in [0.15, 0.2) is 18.9 Å². The second-order valence-electron chi connectivity index (χ2n) is 3.09. The second-order valence-corrected chi connectivity index (χ2v) is 3.09. The summed E-state index contributed by atoms with van der Waals surface area (Å²) in [5.74, 6) is 0. The van der Waals surface area contributed by atoms with E-state index in [1.54, 1.807) is 0 Å². The van der Waals surface area contributed by atoms with Gasteiger partial charge in [0.1, 0.15) is 0 Å². The number of nitrogens with zero attached hydrogens (tertiary/aromatic N) is 2. The highest BCUT2D eigenvalue weighted by atomic mass is 15.3. The normalized spacial score (nSPS) is 10.3. The van der Waals surface area contributed by atoms with Gasteiger partial charge in [0.2, 0.25) is 0 Å². The molecule has 0 spiro atoms. The van der Waals surface area contributed by atoms with E-state index in [2.05, 4.69) is 23.9 Å².